The van der Waals surface area contributed by atoms with E-state index < -0.39 is 0 Å². The Hall–Kier alpha value is -1.37. The van der Waals surface area contributed by atoms with E-state index in [-0.39, 0.29) is 0 Å². The number of allylic oxidation sites excluding steroid dienone is 1. The SMILES string of the molecule is CC=N/C(=C\C)c1cccc(C(C)C)c1. The van der Waals surface area contributed by atoms with Crippen molar-refractivity contribution in [3.8, 4) is 0 Å². The van der Waals surface area contributed by atoms with Gasteiger partial charge in [0.2, 0.25) is 0 Å². The smallest absolute Gasteiger partial charge is 0.0655 e. The number of nitrogens with zero attached hydrogens (tertiary/aromatic N) is 1. The van der Waals surface area contributed by atoms with E-state index in [2.05, 4.69) is 43.1 Å². The summed E-state index contributed by atoms with van der Waals surface area (Å²) in [6, 6.07) is 8.58. The molecule has 0 unspecified atom stereocenters. The Morgan fingerprint density at radius 1 is 1.27 bits per heavy atom. The summed E-state index contributed by atoms with van der Waals surface area (Å²) in [5, 5.41) is 0. The minimum Gasteiger partial charge on any atom is -0.261 e. The molecule has 0 radical (unpaired) electrons. The number of benzene rings is 1. The van der Waals surface area contributed by atoms with E-state index in [4.69, 9.17) is 0 Å². The van der Waals surface area contributed by atoms with E-state index in [0.717, 1.165) is 5.70 Å². The zero-order valence-electron chi connectivity index (χ0n) is 9.99. The molecule has 0 spiro atoms. The quantitative estimate of drug-likeness (QED) is 0.648. The van der Waals surface area contributed by atoms with Crippen LogP contribution in [0, 0.1) is 0 Å². The van der Waals surface area contributed by atoms with Gasteiger partial charge >= 0.3 is 0 Å². The lowest BCUT2D eigenvalue weighted by molar-refractivity contribution is 0.866. The topological polar surface area (TPSA) is 12.4 Å². The normalized spacial score (nSPS) is 12.7. The molecule has 1 rings (SSSR count). The van der Waals surface area contributed by atoms with Crippen molar-refractivity contribution in [2.45, 2.75) is 33.6 Å². The van der Waals surface area contributed by atoms with Gasteiger partial charge in [-0.05, 0) is 31.4 Å². The van der Waals surface area contributed by atoms with Crippen molar-refractivity contribution in [2.24, 2.45) is 4.99 Å². The van der Waals surface area contributed by atoms with Crippen LogP contribution in [-0.4, -0.2) is 6.21 Å². The molecule has 80 valence electrons. The van der Waals surface area contributed by atoms with Gasteiger partial charge in [-0.15, -0.1) is 0 Å². The zero-order chi connectivity index (χ0) is 11.3. The summed E-state index contributed by atoms with van der Waals surface area (Å²) in [5.74, 6) is 0.564. The average Bonchev–Trinajstić information content (AvgIpc) is 2.26. The number of hydrogen-bond donors (Lipinski definition) is 0. The van der Waals surface area contributed by atoms with Gasteiger partial charge in [-0.25, -0.2) is 0 Å². The zero-order valence-corrected chi connectivity index (χ0v) is 9.99. The Balaban J connectivity index is 3.09. The third-order valence-corrected chi connectivity index (χ3v) is 2.39. The third-order valence-electron chi connectivity index (χ3n) is 2.39. The predicted molar refractivity (Wildman–Crippen MR) is 68.3 cm³/mol. The van der Waals surface area contributed by atoms with Gasteiger partial charge in [0.05, 0.1) is 5.70 Å². The Morgan fingerprint density at radius 2 is 2.00 bits per heavy atom. The fourth-order valence-electron chi connectivity index (χ4n) is 1.51. The first-order valence-corrected chi connectivity index (χ1v) is 5.44. The second kappa shape index (κ2) is 5.50. The molecule has 0 bridgehead atoms. The van der Waals surface area contributed by atoms with E-state index in [0.29, 0.717) is 5.92 Å². The first-order valence-electron chi connectivity index (χ1n) is 5.44. The monoisotopic (exact) mass is 201 g/mol. The summed E-state index contributed by atoms with van der Waals surface area (Å²) in [7, 11) is 0. The molecule has 0 amide bonds. The van der Waals surface area contributed by atoms with Gasteiger partial charge in [0.15, 0.2) is 0 Å². The fraction of sp³-hybridized carbons (Fsp3) is 0.357. The fourth-order valence-corrected chi connectivity index (χ4v) is 1.51. The Morgan fingerprint density at radius 3 is 2.53 bits per heavy atom. The average molecular weight is 201 g/mol. The van der Waals surface area contributed by atoms with Crippen LogP contribution >= 0.6 is 0 Å². The highest BCUT2D eigenvalue weighted by Crippen LogP contribution is 2.21. The van der Waals surface area contributed by atoms with Crippen LogP contribution in [0.2, 0.25) is 0 Å². The maximum absolute atomic E-state index is 4.35. The number of rotatable bonds is 3. The Labute approximate surface area is 92.6 Å². The summed E-state index contributed by atoms with van der Waals surface area (Å²) in [5.41, 5.74) is 3.60. The van der Waals surface area contributed by atoms with Crippen LogP contribution < -0.4 is 0 Å². The molecule has 0 N–H and O–H groups in total. The van der Waals surface area contributed by atoms with E-state index in [1.54, 1.807) is 0 Å². The molecule has 0 fully saturated rings. The molecular formula is C14H19N. The minimum atomic E-state index is 0.564. The molecule has 0 atom stereocenters. The van der Waals surface area contributed by atoms with E-state index in [1.807, 2.05) is 26.1 Å². The van der Waals surface area contributed by atoms with Crippen molar-refractivity contribution in [2.75, 3.05) is 0 Å². The maximum Gasteiger partial charge on any atom is 0.0655 e. The minimum absolute atomic E-state index is 0.564. The highest BCUT2D eigenvalue weighted by Gasteiger charge is 2.02. The van der Waals surface area contributed by atoms with E-state index in [1.165, 1.54) is 11.1 Å². The van der Waals surface area contributed by atoms with Crippen molar-refractivity contribution in [3.05, 3.63) is 41.5 Å². The van der Waals surface area contributed by atoms with Gasteiger partial charge in [-0.3, -0.25) is 4.99 Å². The number of aliphatic imine (C=N–C) groups is 1. The van der Waals surface area contributed by atoms with Gasteiger partial charge < -0.3 is 0 Å². The lowest BCUT2D eigenvalue weighted by atomic mass is 10.00. The van der Waals surface area contributed by atoms with Crippen LogP contribution in [-0.2, 0) is 0 Å². The van der Waals surface area contributed by atoms with Crippen molar-refractivity contribution >= 4 is 11.9 Å². The van der Waals surface area contributed by atoms with Gasteiger partial charge in [0.25, 0.3) is 0 Å². The maximum atomic E-state index is 4.35. The second-order valence-corrected chi connectivity index (χ2v) is 3.84. The van der Waals surface area contributed by atoms with Crippen molar-refractivity contribution in [1.82, 2.24) is 0 Å². The molecule has 0 saturated carbocycles. The molecule has 0 aliphatic rings. The van der Waals surface area contributed by atoms with Gasteiger partial charge in [0.1, 0.15) is 0 Å². The Kier molecular flexibility index (Phi) is 4.29. The van der Waals surface area contributed by atoms with Gasteiger partial charge in [-0.1, -0.05) is 38.1 Å². The van der Waals surface area contributed by atoms with Crippen molar-refractivity contribution in [1.29, 1.82) is 0 Å². The standard InChI is InChI=1S/C14H19N/c1-5-14(15-6-2)13-9-7-8-12(10-13)11(3)4/h5-11H,1-4H3/b14-5-,15-6?. The predicted octanol–water partition coefficient (Wildman–Crippen LogP) is 4.26. The summed E-state index contributed by atoms with van der Waals surface area (Å²) < 4.78 is 0. The summed E-state index contributed by atoms with van der Waals surface area (Å²) in [6.07, 6.45) is 3.87. The van der Waals surface area contributed by atoms with Crippen LogP contribution in [0.1, 0.15) is 44.7 Å². The van der Waals surface area contributed by atoms with E-state index >= 15 is 0 Å². The molecule has 1 heteroatoms. The van der Waals surface area contributed by atoms with Crippen LogP contribution in [0.4, 0.5) is 0 Å². The van der Waals surface area contributed by atoms with E-state index in [9.17, 15) is 0 Å². The highest BCUT2D eigenvalue weighted by molar-refractivity contribution is 5.72. The largest absolute Gasteiger partial charge is 0.261 e. The molecule has 15 heavy (non-hydrogen) atoms. The van der Waals surface area contributed by atoms with Gasteiger partial charge in [-0.2, -0.15) is 0 Å². The lowest BCUT2D eigenvalue weighted by Crippen LogP contribution is -1.89. The second-order valence-electron chi connectivity index (χ2n) is 3.84. The van der Waals surface area contributed by atoms with Crippen LogP contribution in [0.3, 0.4) is 0 Å². The van der Waals surface area contributed by atoms with Crippen molar-refractivity contribution in [3.63, 3.8) is 0 Å². The molecule has 0 aliphatic carbocycles. The molecule has 0 aromatic heterocycles. The van der Waals surface area contributed by atoms with Crippen LogP contribution in [0.25, 0.3) is 5.70 Å². The summed E-state index contributed by atoms with van der Waals surface area (Å²) >= 11 is 0. The Bertz CT molecular complexity index is 373. The molecule has 1 nitrogen and oxygen atoms in total. The lowest BCUT2D eigenvalue weighted by Gasteiger charge is -2.08. The molecule has 0 saturated heterocycles. The highest BCUT2D eigenvalue weighted by atomic mass is 14.7. The van der Waals surface area contributed by atoms with Crippen molar-refractivity contribution < 1.29 is 0 Å². The molecular weight excluding hydrogens is 182 g/mol. The molecule has 1 aromatic carbocycles. The molecule has 0 aliphatic heterocycles. The van der Waals surface area contributed by atoms with Crippen LogP contribution in [0.15, 0.2) is 35.3 Å². The first kappa shape index (κ1) is 11.7. The third kappa shape index (κ3) is 3.05. The summed E-state index contributed by atoms with van der Waals surface area (Å²) in [4.78, 5) is 4.35. The van der Waals surface area contributed by atoms with Crippen LogP contribution in [0.5, 0.6) is 0 Å². The molecule has 1 aromatic rings. The number of hydrogen-bond acceptors (Lipinski definition) is 1. The first-order chi connectivity index (χ1) is 7.19. The molecule has 0 heterocycles. The summed E-state index contributed by atoms with van der Waals surface area (Å²) in [6.45, 7) is 8.37. The van der Waals surface area contributed by atoms with Gasteiger partial charge in [0, 0.05) is 11.8 Å².